The molecule has 3 nitrogen and oxygen atoms in total. The van der Waals surface area contributed by atoms with Crippen molar-refractivity contribution in [1.29, 1.82) is 0 Å². The minimum absolute atomic E-state index is 0.0957. The van der Waals surface area contributed by atoms with Crippen molar-refractivity contribution < 1.29 is 12.8 Å². The van der Waals surface area contributed by atoms with Crippen molar-refractivity contribution >= 4 is 25.8 Å². The van der Waals surface area contributed by atoms with Gasteiger partial charge in [-0.3, -0.25) is 0 Å². The number of rotatable bonds is 5. The second-order valence-electron chi connectivity index (χ2n) is 3.93. The minimum atomic E-state index is -2.98. The molecule has 1 aromatic carbocycles. The lowest BCUT2D eigenvalue weighted by molar-refractivity contribution is 0.556. The van der Waals surface area contributed by atoms with Gasteiger partial charge in [0, 0.05) is 12.3 Å². The number of hydrogen-bond donors (Lipinski definition) is 1. The van der Waals surface area contributed by atoms with Gasteiger partial charge in [0.05, 0.1) is 10.2 Å². The van der Waals surface area contributed by atoms with E-state index in [1.165, 1.54) is 12.3 Å². The molecule has 0 aliphatic carbocycles. The van der Waals surface area contributed by atoms with Gasteiger partial charge in [-0.2, -0.15) is 0 Å². The summed E-state index contributed by atoms with van der Waals surface area (Å²) in [6.45, 7) is 0. The van der Waals surface area contributed by atoms with Gasteiger partial charge in [-0.15, -0.1) is 0 Å². The van der Waals surface area contributed by atoms with Crippen molar-refractivity contribution in [3.05, 3.63) is 34.1 Å². The Hall–Kier alpha value is -0.460. The quantitative estimate of drug-likeness (QED) is 0.904. The summed E-state index contributed by atoms with van der Waals surface area (Å²) in [5, 5.41) is 3.03. The molecular formula is C11H15BrFNO2S. The Balaban J connectivity index is 2.83. The Morgan fingerprint density at radius 1 is 1.47 bits per heavy atom. The average Bonchev–Trinajstić information content (AvgIpc) is 2.22. The molecule has 0 saturated carbocycles. The van der Waals surface area contributed by atoms with Gasteiger partial charge >= 0.3 is 0 Å². The van der Waals surface area contributed by atoms with Crippen LogP contribution in [0.1, 0.15) is 18.0 Å². The second kappa shape index (κ2) is 5.93. The van der Waals surface area contributed by atoms with Gasteiger partial charge in [-0.05, 0) is 47.1 Å². The van der Waals surface area contributed by atoms with E-state index in [0.29, 0.717) is 10.9 Å². The number of benzene rings is 1. The van der Waals surface area contributed by atoms with E-state index >= 15 is 0 Å². The average molecular weight is 324 g/mol. The molecule has 1 N–H and O–H groups in total. The Kier molecular flexibility index (Phi) is 5.09. The van der Waals surface area contributed by atoms with Gasteiger partial charge in [-0.1, -0.05) is 6.07 Å². The van der Waals surface area contributed by atoms with Gasteiger partial charge in [0.1, 0.15) is 15.7 Å². The third-order valence-corrected chi connectivity index (χ3v) is 4.06. The van der Waals surface area contributed by atoms with Crippen LogP contribution < -0.4 is 5.32 Å². The van der Waals surface area contributed by atoms with Crippen LogP contribution in [-0.2, 0) is 9.84 Å². The molecule has 17 heavy (non-hydrogen) atoms. The van der Waals surface area contributed by atoms with Crippen LogP contribution in [0.4, 0.5) is 4.39 Å². The molecule has 0 aliphatic heterocycles. The van der Waals surface area contributed by atoms with Crippen LogP contribution in [0.15, 0.2) is 22.7 Å². The molecule has 96 valence electrons. The third-order valence-electron chi connectivity index (χ3n) is 2.47. The molecule has 0 aliphatic rings. The highest BCUT2D eigenvalue weighted by Gasteiger charge is 2.13. The Labute approximate surface area is 109 Å². The molecule has 0 saturated heterocycles. The molecule has 0 amide bonds. The molecule has 0 fully saturated rings. The van der Waals surface area contributed by atoms with E-state index in [1.807, 2.05) is 0 Å². The van der Waals surface area contributed by atoms with Crippen molar-refractivity contribution in [3.8, 4) is 0 Å². The van der Waals surface area contributed by atoms with E-state index in [-0.39, 0.29) is 17.6 Å². The first-order chi connectivity index (χ1) is 7.83. The molecule has 1 aromatic rings. The van der Waals surface area contributed by atoms with E-state index in [4.69, 9.17) is 0 Å². The molecule has 0 spiro atoms. The third kappa shape index (κ3) is 4.73. The van der Waals surface area contributed by atoms with Crippen LogP contribution in [0, 0.1) is 5.82 Å². The van der Waals surface area contributed by atoms with Crippen LogP contribution >= 0.6 is 15.9 Å². The fourth-order valence-corrected chi connectivity index (χ4v) is 2.60. The van der Waals surface area contributed by atoms with Gasteiger partial charge < -0.3 is 5.32 Å². The molecule has 0 aromatic heterocycles. The van der Waals surface area contributed by atoms with Gasteiger partial charge in [0.25, 0.3) is 0 Å². The maximum absolute atomic E-state index is 13.1. The SMILES string of the molecule is CNC(CCS(C)(=O)=O)c1ccc(F)c(Br)c1. The second-order valence-corrected chi connectivity index (χ2v) is 7.05. The molecule has 1 atom stereocenters. The van der Waals surface area contributed by atoms with Crippen LogP contribution in [-0.4, -0.2) is 27.5 Å². The van der Waals surface area contributed by atoms with E-state index in [2.05, 4.69) is 21.2 Å². The molecule has 0 heterocycles. The summed E-state index contributed by atoms with van der Waals surface area (Å²) in [6, 6.07) is 4.59. The van der Waals surface area contributed by atoms with Crippen molar-refractivity contribution in [2.24, 2.45) is 0 Å². The Bertz CT molecular complexity index is 490. The summed E-state index contributed by atoms with van der Waals surface area (Å²) >= 11 is 3.11. The lowest BCUT2D eigenvalue weighted by Gasteiger charge is -2.16. The van der Waals surface area contributed by atoms with Crippen LogP contribution in [0.3, 0.4) is 0 Å². The summed E-state index contributed by atoms with van der Waals surface area (Å²) in [6.07, 6.45) is 1.67. The molecule has 0 radical (unpaired) electrons. The van der Waals surface area contributed by atoms with E-state index in [9.17, 15) is 12.8 Å². The highest BCUT2D eigenvalue weighted by molar-refractivity contribution is 9.10. The minimum Gasteiger partial charge on any atom is -0.313 e. The van der Waals surface area contributed by atoms with Crippen LogP contribution in [0.2, 0.25) is 0 Å². The lowest BCUT2D eigenvalue weighted by Crippen LogP contribution is -2.20. The first-order valence-electron chi connectivity index (χ1n) is 5.13. The molecule has 1 rings (SSSR count). The topological polar surface area (TPSA) is 46.2 Å². The van der Waals surface area contributed by atoms with Crippen molar-refractivity contribution in [2.75, 3.05) is 19.1 Å². The fraction of sp³-hybridized carbons (Fsp3) is 0.455. The first-order valence-corrected chi connectivity index (χ1v) is 7.99. The first kappa shape index (κ1) is 14.6. The zero-order valence-corrected chi connectivity index (χ0v) is 12.1. The molecule has 1 unspecified atom stereocenters. The monoisotopic (exact) mass is 323 g/mol. The standard InChI is InChI=1S/C11H15BrFNO2S/c1-14-11(5-6-17(2,15)16)8-3-4-10(13)9(12)7-8/h3-4,7,11,14H,5-6H2,1-2H3. The van der Waals surface area contributed by atoms with E-state index in [1.54, 1.807) is 19.2 Å². The van der Waals surface area contributed by atoms with Crippen LogP contribution in [0.5, 0.6) is 0 Å². The van der Waals surface area contributed by atoms with Gasteiger partial charge in [-0.25, -0.2) is 12.8 Å². The summed E-state index contributed by atoms with van der Waals surface area (Å²) in [5.41, 5.74) is 0.865. The fourth-order valence-electron chi connectivity index (χ4n) is 1.54. The number of sulfone groups is 1. The predicted octanol–water partition coefficient (Wildman–Crippen LogP) is 2.28. The highest BCUT2D eigenvalue weighted by atomic mass is 79.9. The Morgan fingerprint density at radius 3 is 2.59 bits per heavy atom. The maximum Gasteiger partial charge on any atom is 0.147 e. The summed E-state index contributed by atoms with van der Waals surface area (Å²) < 4.78 is 35.7. The summed E-state index contributed by atoms with van der Waals surface area (Å²) in [7, 11) is -1.23. The molecule has 0 bridgehead atoms. The van der Waals surface area contributed by atoms with Crippen molar-refractivity contribution in [2.45, 2.75) is 12.5 Å². The molecule has 6 heteroatoms. The van der Waals surface area contributed by atoms with Crippen molar-refractivity contribution in [1.82, 2.24) is 5.32 Å². The van der Waals surface area contributed by atoms with Crippen LogP contribution in [0.25, 0.3) is 0 Å². The molecular weight excluding hydrogens is 309 g/mol. The maximum atomic E-state index is 13.1. The van der Waals surface area contributed by atoms with E-state index in [0.717, 1.165) is 5.56 Å². The highest BCUT2D eigenvalue weighted by Crippen LogP contribution is 2.23. The zero-order chi connectivity index (χ0) is 13.1. The normalized spacial score (nSPS) is 13.6. The number of hydrogen-bond acceptors (Lipinski definition) is 3. The largest absolute Gasteiger partial charge is 0.313 e. The summed E-state index contributed by atoms with van der Waals surface area (Å²) in [5.74, 6) is -0.222. The zero-order valence-electron chi connectivity index (χ0n) is 9.70. The van der Waals surface area contributed by atoms with Gasteiger partial charge in [0.2, 0.25) is 0 Å². The lowest BCUT2D eigenvalue weighted by atomic mass is 10.1. The Morgan fingerprint density at radius 2 is 2.12 bits per heavy atom. The van der Waals surface area contributed by atoms with E-state index < -0.39 is 9.84 Å². The predicted molar refractivity (Wildman–Crippen MR) is 70.2 cm³/mol. The smallest absolute Gasteiger partial charge is 0.147 e. The summed E-state index contributed by atoms with van der Waals surface area (Å²) in [4.78, 5) is 0. The van der Waals surface area contributed by atoms with Crippen molar-refractivity contribution in [3.63, 3.8) is 0 Å². The van der Waals surface area contributed by atoms with Gasteiger partial charge in [0.15, 0.2) is 0 Å². The number of halogens is 2. The number of nitrogens with one attached hydrogen (secondary N) is 1.